The summed E-state index contributed by atoms with van der Waals surface area (Å²) >= 11 is 0. The van der Waals surface area contributed by atoms with Gasteiger partial charge in [-0.3, -0.25) is 9.59 Å². The summed E-state index contributed by atoms with van der Waals surface area (Å²) in [5.74, 6) is -0.369. The molecule has 0 bridgehead atoms. The first kappa shape index (κ1) is 11.4. The molecule has 0 radical (unpaired) electrons. The van der Waals surface area contributed by atoms with Crippen molar-refractivity contribution in [2.75, 3.05) is 6.54 Å². The number of H-pyrrole nitrogens is 1. The van der Waals surface area contributed by atoms with Crippen LogP contribution in [0.3, 0.4) is 0 Å². The van der Waals surface area contributed by atoms with Gasteiger partial charge in [0, 0.05) is 12.7 Å². The molecule has 82 valence electrons. The van der Waals surface area contributed by atoms with Crippen molar-refractivity contribution in [3.8, 4) is 0 Å². The van der Waals surface area contributed by atoms with Gasteiger partial charge in [-0.2, -0.15) is 0 Å². The molecular formula is C9H13N3O3. The van der Waals surface area contributed by atoms with E-state index in [0.717, 1.165) is 6.20 Å². The van der Waals surface area contributed by atoms with Crippen LogP contribution in [0.2, 0.25) is 0 Å². The van der Waals surface area contributed by atoms with E-state index in [-0.39, 0.29) is 17.2 Å². The highest BCUT2D eigenvalue weighted by molar-refractivity contribution is 5.91. The van der Waals surface area contributed by atoms with Gasteiger partial charge in [0.05, 0.1) is 12.3 Å². The summed E-state index contributed by atoms with van der Waals surface area (Å²) in [4.78, 5) is 28.0. The van der Waals surface area contributed by atoms with E-state index < -0.39 is 6.10 Å². The molecule has 0 aliphatic rings. The Bertz CT molecular complexity index is 366. The maximum absolute atomic E-state index is 11.4. The number of rotatable bonds is 4. The lowest BCUT2D eigenvalue weighted by Gasteiger charge is -2.05. The molecule has 6 heteroatoms. The second-order valence-electron chi connectivity index (χ2n) is 3.19. The Kier molecular flexibility index (Phi) is 3.99. The molecular weight excluding hydrogens is 198 g/mol. The number of nitrogens with zero attached hydrogens (tertiary/aromatic N) is 1. The highest BCUT2D eigenvalue weighted by Crippen LogP contribution is 1.90. The molecule has 1 aromatic heterocycles. The SMILES string of the molecule is CC(O)CCNC(=O)c1c[nH]c(=O)cn1. The molecule has 0 fully saturated rings. The summed E-state index contributed by atoms with van der Waals surface area (Å²) in [7, 11) is 0. The van der Waals surface area contributed by atoms with Gasteiger partial charge in [0.25, 0.3) is 11.5 Å². The van der Waals surface area contributed by atoms with Crippen LogP contribution in [-0.2, 0) is 0 Å². The summed E-state index contributed by atoms with van der Waals surface area (Å²) in [5.41, 5.74) is -0.198. The van der Waals surface area contributed by atoms with Gasteiger partial charge in [-0.1, -0.05) is 0 Å². The van der Waals surface area contributed by atoms with Gasteiger partial charge in [0.2, 0.25) is 0 Å². The number of hydrogen-bond acceptors (Lipinski definition) is 4. The third kappa shape index (κ3) is 3.90. The zero-order valence-corrected chi connectivity index (χ0v) is 8.36. The molecule has 0 saturated carbocycles. The number of carbonyl (C=O) groups excluding carboxylic acids is 1. The summed E-state index contributed by atoms with van der Waals surface area (Å²) in [6, 6.07) is 0. The van der Waals surface area contributed by atoms with Crippen molar-refractivity contribution >= 4 is 5.91 Å². The van der Waals surface area contributed by atoms with Crippen molar-refractivity contribution in [2.45, 2.75) is 19.4 Å². The van der Waals surface area contributed by atoms with Crippen molar-refractivity contribution in [3.05, 3.63) is 28.4 Å². The number of carbonyl (C=O) groups is 1. The van der Waals surface area contributed by atoms with Crippen molar-refractivity contribution in [3.63, 3.8) is 0 Å². The van der Waals surface area contributed by atoms with Crippen LogP contribution < -0.4 is 10.9 Å². The lowest BCUT2D eigenvalue weighted by atomic mass is 10.3. The van der Waals surface area contributed by atoms with E-state index in [0.29, 0.717) is 13.0 Å². The maximum Gasteiger partial charge on any atom is 0.271 e. The van der Waals surface area contributed by atoms with Gasteiger partial charge in [-0.05, 0) is 13.3 Å². The molecule has 0 spiro atoms. The van der Waals surface area contributed by atoms with Crippen molar-refractivity contribution in [1.29, 1.82) is 0 Å². The van der Waals surface area contributed by atoms with Gasteiger partial charge in [0.15, 0.2) is 0 Å². The van der Waals surface area contributed by atoms with Crippen LogP contribution in [-0.4, -0.2) is 33.6 Å². The largest absolute Gasteiger partial charge is 0.393 e. The average molecular weight is 211 g/mol. The minimum absolute atomic E-state index is 0.153. The van der Waals surface area contributed by atoms with Gasteiger partial charge in [0.1, 0.15) is 5.69 Å². The third-order valence-corrected chi connectivity index (χ3v) is 1.75. The molecule has 1 amide bonds. The van der Waals surface area contributed by atoms with Crippen molar-refractivity contribution in [1.82, 2.24) is 15.3 Å². The molecule has 0 aliphatic carbocycles. The fraction of sp³-hybridized carbons (Fsp3) is 0.444. The van der Waals surface area contributed by atoms with Crippen LogP contribution >= 0.6 is 0 Å². The van der Waals surface area contributed by atoms with Crippen LogP contribution in [0.4, 0.5) is 0 Å². The zero-order valence-electron chi connectivity index (χ0n) is 8.36. The van der Waals surface area contributed by atoms with Crippen LogP contribution in [0.5, 0.6) is 0 Å². The number of aliphatic hydroxyl groups excluding tert-OH is 1. The summed E-state index contributed by atoms with van der Waals surface area (Å²) in [6.07, 6.45) is 2.33. The Hall–Kier alpha value is -1.69. The molecule has 0 aromatic carbocycles. The topological polar surface area (TPSA) is 95.1 Å². The zero-order chi connectivity index (χ0) is 11.3. The van der Waals surface area contributed by atoms with Gasteiger partial charge < -0.3 is 15.4 Å². The van der Waals surface area contributed by atoms with Gasteiger partial charge in [-0.15, -0.1) is 0 Å². The Balaban J connectivity index is 2.47. The highest BCUT2D eigenvalue weighted by Gasteiger charge is 2.06. The van der Waals surface area contributed by atoms with E-state index in [4.69, 9.17) is 5.11 Å². The Morgan fingerprint density at radius 1 is 1.73 bits per heavy atom. The molecule has 1 unspecified atom stereocenters. The molecule has 0 aliphatic heterocycles. The van der Waals surface area contributed by atoms with Crippen LogP contribution in [0.1, 0.15) is 23.8 Å². The minimum Gasteiger partial charge on any atom is -0.393 e. The summed E-state index contributed by atoms with van der Waals surface area (Å²) in [6.45, 7) is 2.02. The second kappa shape index (κ2) is 5.26. The predicted octanol–water partition coefficient (Wildman–Crippen LogP) is -0.729. The van der Waals surface area contributed by atoms with Crippen molar-refractivity contribution < 1.29 is 9.90 Å². The summed E-state index contributed by atoms with van der Waals surface area (Å²) < 4.78 is 0. The predicted molar refractivity (Wildman–Crippen MR) is 53.5 cm³/mol. The molecule has 1 rings (SSSR count). The standard InChI is InChI=1S/C9H13N3O3/c1-6(13)2-3-10-9(15)7-4-12-8(14)5-11-7/h4-6,13H,2-3H2,1H3,(H,10,15)(H,12,14). The molecule has 3 N–H and O–H groups in total. The van der Waals surface area contributed by atoms with E-state index in [1.807, 2.05) is 0 Å². The summed E-state index contributed by atoms with van der Waals surface area (Å²) in [5, 5.41) is 11.5. The number of hydrogen-bond donors (Lipinski definition) is 3. The molecule has 1 atom stereocenters. The Morgan fingerprint density at radius 2 is 2.47 bits per heavy atom. The van der Waals surface area contributed by atoms with Crippen LogP contribution in [0.25, 0.3) is 0 Å². The maximum atomic E-state index is 11.4. The molecule has 0 saturated heterocycles. The smallest absolute Gasteiger partial charge is 0.271 e. The van der Waals surface area contributed by atoms with Gasteiger partial charge >= 0.3 is 0 Å². The highest BCUT2D eigenvalue weighted by atomic mass is 16.3. The van der Waals surface area contributed by atoms with Gasteiger partial charge in [-0.25, -0.2) is 4.98 Å². The second-order valence-corrected chi connectivity index (χ2v) is 3.19. The Labute approximate surface area is 86.4 Å². The fourth-order valence-corrected chi connectivity index (χ4v) is 0.952. The first-order chi connectivity index (χ1) is 7.09. The van der Waals surface area contributed by atoms with Crippen molar-refractivity contribution in [2.24, 2.45) is 0 Å². The van der Waals surface area contributed by atoms with E-state index in [2.05, 4.69) is 15.3 Å². The number of aromatic nitrogens is 2. The van der Waals surface area contributed by atoms with Crippen LogP contribution in [0.15, 0.2) is 17.2 Å². The lowest BCUT2D eigenvalue weighted by molar-refractivity contribution is 0.0940. The quantitative estimate of drug-likeness (QED) is 0.612. The third-order valence-electron chi connectivity index (χ3n) is 1.75. The molecule has 1 aromatic rings. The van der Waals surface area contributed by atoms with E-state index in [9.17, 15) is 9.59 Å². The molecule has 1 heterocycles. The minimum atomic E-state index is -0.450. The number of aromatic amines is 1. The first-order valence-corrected chi connectivity index (χ1v) is 4.60. The monoisotopic (exact) mass is 211 g/mol. The molecule has 6 nitrogen and oxygen atoms in total. The average Bonchev–Trinajstić information content (AvgIpc) is 2.18. The first-order valence-electron chi connectivity index (χ1n) is 4.60. The van der Waals surface area contributed by atoms with E-state index >= 15 is 0 Å². The van der Waals surface area contributed by atoms with Crippen LogP contribution in [0, 0.1) is 0 Å². The molecule has 15 heavy (non-hydrogen) atoms. The number of nitrogens with one attached hydrogen (secondary N) is 2. The lowest BCUT2D eigenvalue weighted by Crippen LogP contribution is -2.28. The van der Waals surface area contributed by atoms with E-state index in [1.165, 1.54) is 6.20 Å². The Morgan fingerprint density at radius 3 is 3.00 bits per heavy atom. The normalized spacial score (nSPS) is 12.1. The number of amides is 1. The number of aliphatic hydroxyl groups is 1. The van der Waals surface area contributed by atoms with E-state index in [1.54, 1.807) is 6.92 Å². The fourth-order valence-electron chi connectivity index (χ4n) is 0.952.